The number of rotatable bonds is 1. The molecular formula is C15H20N4O. The van der Waals surface area contributed by atoms with Crippen LogP contribution >= 0.6 is 0 Å². The molecule has 2 aromatic heterocycles. The highest BCUT2D eigenvalue weighted by molar-refractivity contribution is 5.40. The van der Waals surface area contributed by atoms with E-state index in [2.05, 4.69) is 15.4 Å². The van der Waals surface area contributed by atoms with Gasteiger partial charge in [0.2, 0.25) is 0 Å². The van der Waals surface area contributed by atoms with Crippen molar-refractivity contribution in [2.24, 2.45) is 0 Å². The lowest BCUT2D eigenvalue weighted by molar-refractivity contribution is -0.0364. The number of nitrogens with zero attached hydrogens (tertiary/aromatic N) is 3. The molecule has 5 nitrogen and oxygen atoms in total. The highest BCUT2D eigenvalue weighted by Crippen LogP contribution is 2.39. The fourth-order valence-electron chi connectivity index (χ4n) is 3.80. The topological polar surface area (TPSA) is 62.5 Å². The molecule has 0 saturated carbocycles. The van der Waals surface area contributed by atoms with E-state index in [1.165, 1.54) is 6.42 Å². The summed E-state index contributed by atoms with van der Waals surface area (Å²) in [6, 6.07) is 2.82. The average molecular weight is 272 g/mol. The molecule has 4 heterocycles. The third-order valence-electron chi connectivity index (χ3n) is 4.72. The first-order valence-corrected chi connectivity index (χ1v) is 7.43. The molecule has 2 unspecified atom stereocenters. The Labute approximate surface area is 118 Å². The molecule has 2 aromatic rings. The van der Waals surface area contributed by atoms with Gasteiger partial charge in [0.05, 0.1) is 11.3 Å². The standard InChI is InChI=1S/C15H20N4O/c1-10-5-14-16-8-11(9-19(14)18-10)15(20)6-12-3-2-4-13(7-15)17-12/h5,8-9,12-13,17,20H,2-4,6-7H2,1H3. The van der Waals surface area contributed by atoms with Crippen molar-refractivity contribution >= 4 is 5.65 Å². The van der Waals surface area contributed by atoms with Gasteiger partial charge in [-0.3, -0.25) is 0 Å². The smallest absolute Gasteiger partial charge is 0.155 e. The van der Waals surface area contributed by atoms with Gasteiger partial charge in [0.1, 0.15) is 0 Å². The van der Waals surface area contributed by atoms with Gasteiger partial charge in [0.15, 0.2) is 5.65 Å². The van der Waals surface area contributed by atoms with Crippen LogP contribution in [0.2, 0.25) is 0 Å². The lowest BCUT2D eigenvalue weighted by Crippen LogP contribution is -2.54. The summed E-state index contributed by atoms with van der Waals surface area (Å²) in [4.78, 5) is 4.44. The van der Waals surface area contributed by atoms with Crippen LogP contribution in [0.3, 0.4) is 0 Å². The second-order valence-corrected chi connectivity index (χ2v) is 6.36. The Kier molecular flexibility index (Phi) is 2.62. The Balaban J connectivity index is 1.73. The Morgan fingerprint density at radius 3 is 2.85 bits per heavy atom. The number of fused-ring (bicyclic) bond motifs is 3. The van der Waals surface area contributed by atoms with Crippen molar-refractivity contribution in [2.45, 2.75) is 56.7 Å². The van der Waals surface area contributed by atoms with Crippen molar-refractivity contribution < 1.29 is 5.11 Å². The second-order valence-electron chi connectivity index (χ2n) is 6.36. The van der Waals surface area contributed by atoms with Crippen molar-refractivity contribution in [3.8, 4) is 0 Å². The first-order valence-electron chi connectivity index (χ1n) is 7.43. The molecule has 2 atom stereocenters. The quantitative estimate of drug-likeness (QED) is 0.826. The van der Waals surface area contributed by atoms with Crippen LogP contribution in [0.4, 0.5) is 0 Å². The largest absolute Gasteiger partial charge is 0.385 e. The van der Waals surface area contributed by atoms with Crippen LogP contribution < -0.4 is 5.32 Å². The van der Waals surface area contributed by atoms with Gasteiger partial charge in [-0.2, -0.15) is 5.10 Å². The molecule has 0 aromatic carbocycles. The summed E-state index contributed by atoms with van der Waals surface area (Å²) < 4.78 is 1.78. The maximum absolute atomic E-state index is 11.1. The summed E-state index contributed by atoms with van der Waals surface area (Å²) in [7, 11) is 0. The van der Waals surface area contributed by atoms with Crippen LogP contribution in [0.1, 0.15) is 43.4 Å². The molecule has 0 spiro atoms. The lowest BCUT2D eigenvalue weighted by atomic mass is 9.74. The molecule has 106 valence electrons. The van der Waals surface area contributed by atoms with E-state index in [1.807, 2.05) is 25.4 Å². The predicted octanol–water partition coefficient (Wildman–Crippen LogP) is 1.53. The van der Waals surface area contributed by atoms with Crippen molar-refractivity contribution in [2.75, 3.05) is 0 Å². The van der Waals surface area contributed by atoms with Gasteiger partial charge in [-0.25, -0.2) is 9.50 Å². The van der Waals surface area contributed by atoms with Gasteiger partial charge in [-0.1, -0.05) is 6.42 Å². The number of aromatic nitrogens is 3. The molecule has 20 heavy (non-hydrogen) atoms. The van der Waals surface area contributed by atoms with E-state index in [9.17, 15) is 5.11 Å². The number of nitrogens with one attached hydrogen (secondary N) is 1. The fourth-order valence-corrected chi connectivity index (χ4v) is 3.80. The van der Waals surface area contributed by atoms with Gasteiger partial charge in [-0.05, 0) is 32.6 Å². The zero-order valence-electron chi connectivity index (χ0n) is 11.7. The molecule has 5 heteroatoms. The normalized spacial score (nSPS) is 33.5. The molecule has 2 aliphatic heterocycles. The number of hydrogen-bond donors (Lipinski definition) is 2. The minimum atomic E-state index is -0.762. The fraction of sp³-hybridized carbons (Fsp3) is 0.600. The van der Waals surface area contributed by atoms with E-state index in [0.717, 1.165) is 42.6 Å². The number of aliphatic hydroxyl groups is 1. The second kappa shape index (κ2) is 4.27. The van der Waals surface area contributed by atoms with Crippen LogP contribution in [0.5, 0.6) is 0 Å². The molecule has 2 saturated heterocycles. The molecule has 2 bridgehead atoms. The number of aryl methyl sites for hydroxylation is 1. The Hall–Kier alpha value is -1.46. The number of hydrogen-bond acceptors (Lipinski definition) is 4. The Bertz CT molecular complexity index is 638. The Morgan fingerprint density at radius 1 is 1.35 bits per heavy atom. The van der Waals surface area contributed by atoms with Crippen LogP contribution in [0.15, 0.2) is 18.5 Å². The molecule has 2 fully saturated rings. The van der Waals surface area contributed by atoms with Crippen molar-refractivity contribution in [1.82, 2.24) is 19.9 Å². The molecule has 2 aliphatic rings. The monoisotopic (exact) mass is 272 g/mol. The van der Waals surface area contributed by atoms with Crippen LogP contribution in [-0.4, -0.2) is 31.8 Å². The Morgan fingerprint density at radius 2 is 2.10 bits per heavy atom. The molecule has 4 rings (SSSR count). The van der Waals surface area contributed by atoms with Gasteiger partial charge in [0, 0.05) is 36.1 Å². The van der Waals surface area contributed by atoms with E-state index in [-0.39, 0.29) is 0 Å². The zero-order valence-corrected chi connectivity index (χ0v) is 11.7. The van der Waals surface area contributed by atoms with E-state index in [4.69, 9.17) is 0 Å². The molecule has 0 aliphatic carbocycles. The van der Waals surface area contributed by atoms with Crippen molar-refractivity contribution in [3.05, 3.63) is 29.7 Å². The van der Waals surface area contributed by atoms with Crippen LogP contribution in [0.25, 0.3) is 5.65 Å². The molecule has 0 radical (unpaired) electrons. The first-order chi connectivity index (χ1) is 9.62. The van der Waals surface area contributed by atoms with Crippen LogP contribution in [-0.2, 0) is 5.60 Å². The zero-order chi connectivity index (χ0) is 13.7. The van der Waals surface area contributed by atoms with Crippen molar-refractivity contribution in [3.63, 3.8) is 0 Å². The summed E-state index contributed by atoms with van der Waals surface area (Å²) in [5, 5.41) is 19.1. The first kappa shape index (κ1) is 12.3. The van der Waals surface area contributed by atoms with Gasteiger partial charge >= 0.3 is 0 Å². The van der Waals surface area contributed by atoms with E-state index in [0.29, 0.717) is 12.1 Å². The highest BCUT2D eigenvalue weighted by Gasteiger charge is 2.42. The van der Waals surface area contributed by atoms with Gasteiger partial charge in [0.25, 0.3) is 0 Å². The molecule has 2 N–H and O–H groups in total. The SMILES string of the molecule is Cc1cc2ncc(C3(O)CC4CCCC(C3)N4)cn2n1. The van der Waals surface area contributed by atoms with E-state index < -0.39 is 5.60 Å². The van der Waals surface area contributed by atoms with Gasteiger partial charge < -0.3 is 10.4 Å². The summed E-state index contributed by atoms with van der Waals surface area (Å²) >= 11 is 0. The minimum absolute atomic E-state index is 0.433. The predicted molar refractivity (Wildman–Crippen MR) is 75.4 cm³/mol. The van der Waals surface area contributed by atoms with Gasteiger partial charge in [-0.15, -0.1) is 0 Å². The third-order valence-corrected chi connectivity index (χ3v) is 4.72. The maximum atomic E-state index is 11.1. The summed E-state index contributed by atoms with van der Waals surface area (Å²) in [5.74, 6) is 0. The van der Waals surface area contributed by atoms with Crippen LogP contribution in [0, 0.1) is 6.92 Å². The lowest BCUT2D eigenvalue weighted by Gasteiger charge is -2.45. The summed E-state index contributed by atoms with van der Waals surface area (Å²) in [6.07, 6.45) is 8.90. The third kappa shape index (κ3) is 1.93. The molecular weight excluding hydrogens is 252 g/mol. The summed E-state index contributed by atoms with van der Waals surface area (Å²) in [6.45, 7) is 1.96. The average Bonchev–Trinajstić information content (AvgIpc) is 2.77. The summed E-state index contributed by atoms with van der Waals surface area (Å²) in [5.41, 5.74) is 1.92. The van der Waals surface area contributed by atoms with E-state index >= 15 is 0 Å². The number of piperidine rings is 2. The van der Waals surface area contributed by atoms with Crippen molar-refractivity contribution in [1.29, 1.82) is 0 Å². The maximum Gasteiger partial charge on any atom is 0.155 e. The highest BCUT2D eigenvalue weighted by atomic mass is 16.3. The minimum Gasteiger partial charge on any atom is -0.385 e. The molecule has 0 amide bonds. The van der Waals surface area contributed by atoms with E-state index in [1.54, 1.807) is 4.52 Å².